The van der Waals surface area contributed by atoms with Gasteiger partial charge in [0, 0.05) is 42.1 Å². The number of phenolic OH excluding ortho intramolecular Hbond substituents is 1. The highest BCUT2D eigenvalue weighted by Crippen LogP contribution is 2.37. The van der Waals surface area contributed by atoms with E-state index in [1.54, 1.807) is 12.1 Å². The number of carboxylic acid groups (broad SMARTS) is 1. The van der Waals surface area contributed by atoms with Gasteiger partial charge in [0.1, 0.15) is 5.75 Å². The summed E-state index contributed by atoms with van der Waals surface area (Å²) in [5, 5.41) is 50.3. The van der Waals surface area contributed by atoms with Crippen molar-refractivity contribution in [2.24, 2.45) is 4.99 Å². The fourth-order valence-electron chi connectivity index (χ4n) is 4.78. The number of rotatable bonds is 9. The molecule has 2 aromatic rings. The number of nitrogens with one attached hydrogen (secondary N) is 4. The number of aromatic hydroxyl groups is 1. The van der Waals surface area contributed by atoms with Gasteiger partial charge in [0.05, 0.1) is 43.1 Å². The van der Waals surface area contributed by atoms with Crippen LogP contribution in [0.4, 0.5) is 5.69 Å². The summed E-state index contributed by atoms with van der Waals surface area (Å²) in [5.74, 6) is -2.33. The molecule has 1 saturated heterocycles. The molecule has 0 saturated carbocycles. The monoisotopic (exact) mass is 598 g/mol. The van der Waals surface area contributed by atoms with E-state index < -0.39 is 48.3 Å². The lowest BCUT2D eigenvalue weighted by atomic mass is 9.75. The molecule has 2 aliphatic heterocycles. The Morgan fingerprint density at radius 3 is 2.62 bits per heavy atom. The number of benzene rings is 2. The van der Waals surface area contributed by atoms with E-state index in [1.807, 2.05) is 0 Å². The second-order valence-corrected chi connectivity index (χ2v) is 10.5. The highest BCUT2D eigenvalue weighted by molar-refractivity contribution is 6.30. The summed E-state index contributed by atoms with van der Waals surface area (Å²) in [4.78, 5) is 41.4. The van der Waals surface area contributed by atoms with Crippen LogP contribution < -0.4 is 21.3 Å². The van der Waals surface area contributed by atoms with Crippen LogP contribution in [0.2, 0.25) is 5.02 Å². The van der Waals surface area contributed by atoms with Crippen LogP contribution in [0.15, 0.2) is 41.4 Å². The average Bonchev–Trinajstić information content (AvgIpc) is 2.96. The standard InChI is InChI=1S/C28H31ClN6O7/c29-19-6-16(5-18(9-19)28(15-30)1-3-42-4-2-28)23(11-25(39)40)35-24(38)14-31-26(41)17-7-20(10-21(36)8-17)34-27-32-12-22(37)13-33-27/h5-10,22-23,36-37H,1-4,11-14H2,(H,31,41)(H,35,38)(H,39,40)(H2,32,33,34)/t23-/m0/s1. The lowest BCUT2D eigenvalue weighted by Gasteiger charge is -2.32. The summed E-state index contributed by atoms with van der Waals surface area (Å²) in [5.41, 5.74) is 0.593. The van der Waals surface area contributed by atoms with Gasteiger partial charge < -0.3 is 41.3 Å². The molecule has 1 unspecified atom stereocenters. The molecule has 0 aromatic heterocycles. The second-order valence-electron chi connectivity index (χ2n) is 10.1. The minimum absolute atomic E-state index is 0.0570. The van der Waals surface area contributed by atoms with Crippen molar-refractivity contribution in [2.45, 2.75) is 36.8 Å². The van der Waals surface area contributed by atoms with E-state index in [-0.39, 0.29) is 17.9 Å². The van der Waals surface area contributed by atoms with E-state index >= 15 is 0 Å². The molecule has 2 aliphatic rings. The Morgan fingerprint density at radius 1 is 1.19 bits per heavy atom. The third-order valence-electron chi connectivity index (χ3n) is 6.97. The van der Waals surface area contributed by atoms with Crippen molar-refractivity contribution in [1.29, 1.82) is 5.26 Å². The van der Waals surface area contributed by atoms with E-state index in [1.165, 1.54) is 24.3 Å². The Kier molecular flexibility index (Phi) is 9.84. The van der Waals surface area contributed by atoms with E-state index in [0.717, 1.165) is 0 Å². The molecule has 2 atom stereocenters. The molecule has 2 aromatic carbocycles. The molecule has 0 spiro atoms. The number of carbonyl (C=O) groups excluding carboxylic acids is 2. The molecule has 2 amide bonds. The van der Waals surface area contributed by atoms with E-state index in [2.05, 4.69) is 32.3 Å². The van der Waals surface area contributed by atoms with Crippen molar-refractivity contribution in [2.75, 3.05) is 38.2 Å². The van der Waals surface area contributed by atoms with Crippen molar-refractivity contribution in [3.05, 3.63) is 58.1 Å². The van der Waals surface area contributed by atoms with Crippen LogP contribution in [0.25, 0.3) is 0 Å². The van der Waals surface area contributed by atoms with Gasteiger partial charge in [-0.3, -0.25) is 19.4 Å². The lowest BCUT2D eigenvalue weighted by molar-refractivity contribution is -0.137. The zero-order chi connectivity index (χ0) is 30.3. The summed E-state index contributed by atoms with van der Waals surface area (Å²) in [6.45, 7) is 0.811. The number of hydrogen-bond donors (Lipinski definition) is 7. The van der Waals surface area contributed by atoms with Crippen molar-refractivity contribution >= 4 is 41.0 Å². The second kappa shape index (κ2) is 13.5. The van der Waals surface area contributed by atoms with E-state index in [0.29, 0.717) is 60.4 Å². The van der Waals surface area contributed by atoms with Gasteiger partial charge in [0.25, 0.3) is 5.91 Å². The van der Waals surface area contributed by atoms with Gasteiger partial charge in [-0.1, -0.05) is 17.7 Å². The fraction of sp³-hybridized carbons (Fsp3) is 0.393. The first kappa shape index (κ1) is 30.6. The van der Waals surface area contributed by atoms with Gasteiger partial charge in [-0.2, -0.15) is 5.26 Å². The summed E-state index contributed by atoms with van der Waals surface area (Å²) in [7, 11) is 0. The summed E-state index contributed by atoms with van der Waals surface area (Å²) in [6, 6.07) is 10.3. The van der Waals surface area contributed by atoms with Crippen LogP contribution in [-0.4, -0.2) is 78.0 Å². The maximum atomic E-state index is 12.8. The zero-order valence-corrected chi connectivity index (χ0v) is 23.3. The number of anilines is 1. The zero-order valence-electron chi connectivity index (χ0n) is 22.5. The molecule has 7 N–H and O–H groups in total. The third-order valence-corrected chi connectivity index (χ3v) is 7.19. The number of ether oxygens (including phenoxy) is 1. The molecule has 42 heavy (non-hydrogen) atoms. The van der Waals surface area contributed by atoms with Crippen LogP contribution in [0.5, 0.6) is 5.75 Å². The number of hydrogen-bond acceptors (Lipinski definition) is 10. The Balaban J connectivity index is 1.44. The first-order valence-corrected chi connectivity index (χ1v) is 13.6. The number of aliphatic hydroxyl groups is 1. The number of amides is 2. The first-order valence-electron chi connectivity index (χ1n) is 13.2. The topological polar surface area (TPSA) is 205 Å². The van der Waals surface area contributed by atoms with Gasteiger partial charge >= 0.3 is 5.97 Å². The van der Waals surface area contributed by atoms with Crippen LogP contribution in [0.1, 0.15) is 46.8 Å². The molecule has 1 fully saturated rings. The number of β-amino-alcohol motifs (C(OH)–C–C–N with tert-alkyl or cyclic N) is 1. The normalized spacial score (nSPS) is 18.4. The maximum Gasteiger partial charge on any atom is 0.305 e. The lowest BCUT2D eigenvalue weighted by Crippen LogP contribution is -2.42. The largest absolute Gasteiger partial charge is 0.508 e. The van der Waals surface area contributed by atoms with Crippen molar-refractivity contribution < 1.29 is 34.4 Å². The molecule has 13 nitrogen and oxygen atoms in total. The quantitative estimate of drug-likeness (QED) is 0.221. The third kappa shape index (κ3) is 7.88. The maximum absolute atomic E-state index is 12.8. The Bertz CT molecular complexity index is 1420. The number of aliphatic hydroxyl groups excluding tert-OH is 1. The summed E-state index contributed by atoms with van der Waals surface area (Å²) < 4.78 is 5.40. The molecule has 4 rings (SSSR count). The van der Waals surface area contributed by atoms with E-state index in [4.69, 9.17) is 16.3 Å². The molecule has 2 heterocycles. The van der Waals surface area contributed by atoms with Gasteiger partial charge in [-0.05, 0) is 48.2 Å². The first-order chi connectivity index (χ1) is 20.1. The van der Waals surface area contributed by atoms with Crippen molar-refractivity contribution in [1.82, 2.24) is 16.0 Å². The van der Waals surface area contributed by atoms with Crippen LogP contribution in [0, 0.1) is 11.3 Å². The van der Waals surface area contributed by atoms with Gasteiger partial charge in [-0.25, -0.2) is 0 Å². The van der Waals surface area contributed by atoms with Crippen LogP contribution in [-0.2, 0) is 19.7 Å². The molecule has 222 valence electrons. The number of aliphatic imine (C=N–C) groups is 1. The molecular formula is C28H31ClN6O7. The van der Waals surface area contributed by atoms with Gasteiger partial charge in [0.2, 0.25) is 5.91 Å². The van der Waals surface area contributed by atoms with Crippen molar-refractivity contribution in [3.63, 3.8) is 0 Å². The summed E-state index contributed by atoms with van der Waals surface area (Å²) >= 11 is 6.36. The molecular weight excluding hydrogens is 568 g/mol. The number of carbonyl (C=O) groups is 3. The number of guanidine groups is 1. The average molecular weight is 599 g/mol. The number of phenols is 1. The molecule has 14 heteroatoms. The number of carboxylic acids is 1. The number of nitrogens with zero attached hydrogens (tertiary/aromatic N) is 2. The predicted octanol–water partition coefficient (Wildman–Crippen LogP) is 1.41. The predicted molar refractivity (Wildman–Crippen MR) is 152 cm³/mol. The Hall–Kier alpha value is -4.38. The van der Waals surface area contributed by atoms with Crippen molar-refractivity contribution in [3.8, 4) is 11.8 Å². The minimum Gasteiger partial charge on any atom is -0.508 e. The SMILES string of the molecule is N#CC1(c2cc(Cl)cc([C@H](CC(=O)O)NC(=O)CNC(=O)c3cc(O)cc(NC4=NCC(O)CN4)c3)c2)CCOCC1. The van der Waals surface area contributed by atoms with Gasteiger partial charge in [-0.15, -0.1) is 0 Å². The fourth-order valence-corrected chi connectivity index (χ4v) is 5.02. The number of halogens is 1. The van der Waals surface area contributed by atoms with Crippen LogP contribution >= 0.6 is 11.6 Å². The molecule has 0 radical (unpaired) electrons. The van der Waals surface area contributed by atoms with Crippen LogP contribution in [0.3, 0.4) is 0 Å². The molecule has 0 aliphatic carbocycles. The highest BCUT2D eigenvalue weighted by atomic mass is 35.5. The number of aliphatic carboxylic acids is 1. The summed E-state index contributed by atoms with van der Waals surface area (Å²) in [6.07, 6.45) is -0.167. The minimum atomic E-state index is -1.17. The Labute approximate surface area is 246 Å². The Morgan fingerprint density at radius 2 is 1.95 bits per heavy atom. The number of nitriles is 1. The van der Waals surface area contributed by atoms with E-state index in [9.17, 15) is 35.0 Å². The van der Waals surface area contributed by atoms with Gasteiger partial charge in [0.15, 0.2) is 5.96 Å². The smallest absolute Gasteiger partial charge is 0.305 e. The molecule has 0 bridgehead atoms. The highest BCUT2D eigenvalue weighted by Gasteiger charge is 2.35.